The molecule has 1 heterocycles. The van der Waals surface area contributed by atoms with Gasteiger partial charge in [-0.15, -0.1) is 0 Å². The van der Waals surface area contributed by atoms with E-state index >= 15 is 0 Å². The number of hydrogen-bond donors (Lipinski definition) is 1. The first-order valence-corrected chi connectivity index (χ1v) is 9.51. The van der Waals surface area contributed by atoms with E-state index in [1.165, 1.54) is 0 Å². The molecule has 0 bridgehead atoms. The average molecular weight is 360 g/mol. The predicted molar refractivity (Wildman–Crippen MR) is 105 cm³/mol. The molecule has 5 nitrogen and oxygen atoms in total. The van der Waals surface area contributed by atoms with Crippen LogP contribution < -0.4 is 5.32 Å². The average Bonchev–Trinajstić information content (AvgIpc) is 2.59. The van der Waals surface area contributed by atoms with Gasteiger partial charge in [0.15, 0.2) is 0 Å². The molecule has 0 aliphatic carbocycles. The molecule has 1 saturated heterocycles. The van der Waals surface area contributed by atoms with Crippen LogP contribution in [0.4, 0.5) is 0 Å². The van der Waals surface area contributed by atoms with E-state index in [4.69, 9.17) is 0 Å². The maximum atomic E-state index is 12.6. The fourth-order valence-electron chi connectivity index (χ4n) is 3.68. The van der Waals surface area contributed by atoms with Crippen LogP contribution in [0, 0.1) is 11.3 Å². The van der Waals surface area contributed by atoms with Crippen LogP contribution in [0.15, 0.2) is 30.3 Å². The molecule has 5 heteroatoms. The molecule has 0 spiro atoms. The molecule has 2 amide bonds. The molecule has 1 aliphatic heterocycles. The molecule has 1 fully saturated rings. The Morgan fingerprint density at radius 1 is 1.23 bits per heavy atom. The normalized spacial score (nSPS) is 18.0. The van der Waals surface area contributed by atoms with Crippen LogP contribution in [-0.4, -0.2) is 61.9 Å². The summed E-state index contributed by atoms with van der Waals surface area (Å²) in [5.41, 5.74) is 1.05. The topological polar surface area (TPSA) is 52.7 Å². The highest BCUT2D eigenvalue weighted by Gasteiger charge is 2.29. The van der Waals surface area contributed by atoms with Gasteiger partial charge in [0.1, 0.15) is 0 Å². The number of benzene rings is 1. The number of rotatable bonds is 7. The summed E-state index contributed by atoms with van der Waals surface area (Å²) in [5.74, 6) is 0.0920. The second-order valence-electron chi connectivity index (χ2n) is 8.46. The van der Waals surface area contributed by atoms with Crippen molar-refractivity contribution in [2.45, 2.75) is 33.1 Å². The Morgan fingerprint density at radius 3 is 2.58 bits per heavy atom. The van der Waals surface area contributed by atoms with Crippen molar-refractivity contribution in [1.82, 2.24) is 15.1 Å². The van der Waals surface area contributed by atoms with Gasteiger partial charge in [-0.1, -0.05) is 44.2 Å². The minimum atomic E-state index is -0.0985. The summed E-state index contributed by atoms with van der Waals surface area (Å²) < 4.78 is 0. The van der Waals surface area contributed by atoms with E-state index in [9.17, 15) is 9.59 Å². The lowest BCUT2D eigenvalue weighted by Gasteiger charge is -2.33. The van der Waals surface area contributed by atoms with Gasteiger partial charge in [0.05, 0.1) is 12.3 Å². The quantitative estimate of drug-likeness (QED) is 0.812. The lowest BCUT2D eigenvalue weighted by molar-refractivity contribution is -0.135. The second kappa shape index (κ2) is 9.17. The number of carbonyl (C=O) groups is 2. The molecule has 0 aromatic heterocycles. The van der Waals surface area contributed by atoms with Crippen molar-refractivity contribution in [2.24, 2.45) is 11.3 Å². The summed E-state index contributed by atoms with van der Waals surface area (Å²) in [5, 5.41) is 3.10. The Kier molecular flexibility index (Phi) is 7.21. The third-order valence-electron chi connectivity index (χ3n) is 4.83. The van der Waals surface area contributed by atoms with Gasteiger partial charge < -0.3 is 15.1 Å². The first kappa shape index (κ1) is 20.4. The highest BCUT2D eigenvalue weighted by molar-refractivity contribution is 5.82. The minimum absolute atomic E-state index is 0.0244. The van der Waals surface area contributed by atoms with Crippen molar-refractivity contribution < 1.29 is 9.59 Å². The standard InChI is InChI=1S/C21H33N3O2/c1-21(2,16-23(3)4)15-22-20(26)18-11-8-12-24(14-18)19(25)13-17-9-6-5-7-10-17/h5-7,9-10,18H,8,11-16H2,1-4H3,(H,22,26). The zero-order chi connectivity index (χ0) is 19.2. The SMILES string of the molecule is CN(C)CC(C)(C)CNC(=O)C1CCCN(C(=O)Cc2ccccc2)C1. The summed E-state index contributed by atoms with van der Waals surface area (Å²) in [6.07, 6.45) is 2.15. The number of amides is 2. The Balaban J connectivity index is 1.85. The van der Waals surface area contributed by atoms with Gasteiger partial charge >= 0.3 is 0 Å². The van der Waals surface area contributed by atoms with Gasteiger partial charge in [-0.3, -0.25) is 9.59 Å². The Bertz CT molecular complexity index is 599. The van der Waals surface area contributed by atoms with E-state index in [0.29, 0.717) is 19.5 Å². The van der Waals surface area contributed by atoms with E-state index in [1.54, 1.807) is 0 Å². The zero-order valence-electron chi connectivity index (χ0n) is 16.6. The Hall–Kier alpha value is -1.88. The highest BCUT2D eigenvalue weighted by atomic mass is 16.2. The molecule has 0 radical (unpaired) electrons. The summed E-state index contributed by atoms with van der Waals surface area (Å²) >= 11 is 0. The summed E-state index contributed by atoms with van der Waals surface area (Å²) in [6.45, 7) is 7.17. The number of likely N-dealkylation sites (tertiary alicyclic amines) is 1. The van der Waals surface area contributed by atoms with Gasteiger partial charge in [-0.25, -0.2) is 0 Å². The molecule has 26 heavy (non-hydrogen) atoms. The summed E-state index contributed by atoms with van der Waals surface area (Å²) in [4.78, 5) is 29.1. The van der Waals surface area contributed by atoms with Crippen molar-refractivity contribution in [3.8, 4) is 0 Å². The van der Waals surface area contributed by atoms with Crippen LogP contribution >= 0.6 is 0 Å². The molecule has 2 rings (SSSR count). The molecule has 1 aliphatic rings. The fourth-order valence-corrected chi connectivity index (χ4v) is 3.68. The lowest BCUT2D eigenvalue weighted by atomic mass is 9.91. The largest absolute Gasteiger partial charge is 0.355 e. The van der Waals surface area contributed by atoms with Crippen LogP contribution in [0.1, 0.15) is 32.3 Å². The zero-order valence-corrected chi connectivity index (χ0v) is 16.6. The highest BCUT2D eigenvalue weighted by Crippen LogP contribution is 2.19. The van der Waals surface area contributed by atoms with Gasteiger partial charge in [0.25, 0.3) is 0 Å². The fraction of sp³-hybridized carbons (Fsp3) is 0.619. The number of hydrogen-bond acceptors (Lipinski definition) is 3. The van der Waals surface area contributed by atoms with E-state index in [2.05, 4.69) is 24.1 Å². The molecule has 1 aromatic rings. The van der Waals surface area contributed by atoms with Gasteiger partial charge in [-0.2, -0.15) is 0 Å². The summed E-state index contributed by atoms with van der Waals surface area (Å²) in [7, 11) is 4.09. The van der Waals surface area contributed by atoms with Crippen molar-refractivity contribution in [3.63, 3.8) is 0 Å². The first-order chi connectivity index (χ1) is 12.3. The second-order valence-corrected chi connectivity index (χ2v) is 8.46. The molecule has 1 unspecified atom stereocenters. The molecule has 0 saturated carbocycles. The van der Waals surface area contributed by atoms with Crippen molar-refractivity contribution in [3.05, 3.63) is 35.9 Å². The molecular weight excluding hydrogens is 326 g/mol. The van der Waals surface area contributed by atoms with Crippen molar-refractivity contribution >= 4 is 11.8 Å². The van der Waals surface area contributed by atoms with Gasteiger partial charge in [0, 0.05) is 26.2 Å². The molecule has 1 aromatic carbocycles. The number of piperidine rings is 1. The van der Waals surface area contributed by atoms with Crippen LogP contribution in [-0.2, 0) is 16.0 Å². The first-order valence-electron chi connectivity index (χ1n) is 9.51. The monoisotopic (exact) mass is 359 g/mol. The Morgan fingerprint density at radius 2 is 1.92 bits per heavy atom. The van der Waals surface area contributed by atoms with Crippen LogP contribution in [0.5, 0.6) is 0 Å². The summed E-state index contributed by atoms with van der Waals surface area (Å²) in [6, 6.07) is 9.79. The molecule has 1 N–H and O–H groups in total. The smallest absolute Gasteiger partial charge is 0.227 e. The predicted octanol–water partition coefficient (Wildman–Crippen LogP) is 2.17. The van der Waals surface area contributed by atoms with E-state index < -0.39 is 0 Å². The number of nitrogens with zero attached hydrogens (tertiary/aromatic N) is 2. The van der Waals surface area contributed by atoms with Crippen LogP contribution in [0.25, 0.3) is 0 Å². The van der Waals surface area contributed by atoms with Crippen LogP contribution in [0.2, 0.25) is 0 Å². The van der Waals surface area contributed by atoms with Gasteiger partial charge in [-0.05, 0) is 37.9 Å². The number of carbonyl (C=O) groups excluding carboxylic acids is 2. The number of nitrogens with one attached hydrogen (secondary N) is 1. The third kappa shape index (κ3) is 6.45. The maximum absolute atomic E-state index is 12.6. The third-order valence-corrected chi connectivity index (χ3v) is 4.83. The molecular formula is C21H33N3O2. The van der Waals surface area contributed by atoms with Crippen molar-refractivity contribution in [2.75, 3.05) is 40.3 Å². The van der Waals surface area contributed by atoms with E-state index in [0.717, 1.165) is 31.5 Å². The van der Waals surface area contributed by atoms with Crippen molar-refractivity contribution in [1.29, 1.82) is 0 Å². The molecule has 1 atom stereocenters. The van der Waals surface area contributed by atoms with E-state index in [-0.39, 0.29) is 23.1 Å². The minimum Gasteiger partial charge on any atom is -0.355 e. The Labute approximate surface area is 157 Å². The molecule has 144 valence electrons. The maximum Gasteiger partial charge on any atom is 0.227 e. The van der Waals surface area contributed by atoms with Crippen LogP contribution in [0.3, 0.4) is 0 Å². The lowest BCUT2D eigenvalue weighted by Crippen LogP contribution is -2.48. The van der Waals surface area contributed by atoms with E-state index in [1.807, 2.05) is 49.3 Å². The van der Waals surface area contributed by atoms with Gasteiger partial charge in [0.2, 0.25) is 11.8 Å².